The fourth-order valence-electron chi connectivity index (χ4n) is 1.48. The SMILES string of the molecule is OC(O)c1ccc(OCc2ccccc2)cc1. The lowest BCUT2D eigenvalue weighted by Crippen LogP contribution is -1.97. The highest BCUT2D eigenvalue weighted by Crippen LogP contribution is 2.17. The molecule has 0 saturated carbocycles. The predicted octanol–water partition coefficient (Wildman–Crippen LogP) is 2.25. The fourth-order valence-corrected chi connectivity index (χ4v) is 1.48. The molecule has 0 amide bonds. The predicted molar refractivity (Wildman–Crippen MR) is 64.4 cm³/mol. The Morgan fingerprint density at radius 3 is 2.12 bits per heavy atom. The molecule has 0 aliphatic rings. The minimum atomic E-state index is -1.43. The number of hydrogen-bond donors (Lipinski definition) is 2. The van der Waals surface area contributed by atoms with Crippen molar-refractivity contribution >= 4 is 0 Å². The molecule has 3 heteroatoms. The highest BCUT2D eigenvalue weighted by Gasteiger charge is 2.02. The molecule has 17 heavy (non-hydrogen) atoms. The van der Waals surface area contributed by atoms with Gasteiger partial charge >= 0.3 is 0 Å². The molecule has 88 valence electrons. The zero-order valence-corrected chi connectivity index (χ0v) is 9.28. The van der Waals surface area contributed by atoms with E-state index in [4.69, 9.17) is 14.9 Å². The van der Waals surface area contributed by atoms with Gasteiger partial charge in [0.05, 0.1) is 0 Å². The van der Waals surface area contributed by atoms with Crippen LogP contribution in [0.3, 0.4) is 0 Å². The first kappa shape index (κ1) is 11.6. The minimum absolute atomic E-state index is 0.456. The summed E-state index contributed by atoms with van der Waals surface area (Å²) in [6, 6.07) is 16.6. The summed E-state index contributed by atoms with van der Waals surface area (Å²) in [5.41, 5.74) is 1.55. The van der Waals surface area contributed by atoms with Crippen molar-refractivity contribution < 1.29 is 14.9 Å². The van der Waals surface area contributed by atoms with Gasteiger partial charge in [0.25, 0.3) is 0 Å². The van der Waals surface area contributed by atoms with E-state index >= 15 is 0 Å². The van der Waals surface area contributed by atoms with Gasteiger partial charge in [-0.25, -0.2) is 0 Å². The second kappa shape index (κ2) is 5.48. The molecule has 0 spiro atoms. The lowest BCUT2D eigenvalue weighted by molar-refractivity contribution is -0.0425. The van der Waals surface area contributed by atoms with Gasteiger partial charge in [0.15, 0.2) is 6.29 Å². The maximum atomic E-state index is 8.94. The van der Waals surface area contributed by atoms with Crippen molar-refractivity contribution in [3.8, 4) is 5.75 Å². The molecule has 0 heterocycles. The van der Waals surface area contributed by atoms with Gasteiger partial charge in [0.2, 0.25) is 0 Å². The van der Waals surface area contributed by atoms with Crippen LogP contribution in [0.15, 0.2) is 54.6 Å². The third-order valence-electron chi connectivity index (χ3n) is 2.43. The van der Waals surface area contributed by atoms with Crippen LogP contribution >= 0.6 is 0 Å². The van der Waals surface area contributed by atoms with Crippen molar-refractivity contribution in [2.75, 3.05) is 0 Å². The quantitative estimate of drug-likeness (QED) is 0.792. The van der Waals surface area contributed by atoms with Crippen LogP contribution in [0, 0.1) is 0 Å². The molecule has 2 N–H and O–H groups in total. The van der Waals surface area contributed by atoms with Gasteiger partial charge in [-0.05, 0) is 17.7 Å². The van der Waals surface area contributed by atoms with Gasteiger partial charge in [-0.3, -0.25) is 0 Å². The van der Waals surface area contributed by atoms with Crippen LogP contribution in [0.25, 0.3) is 0 Å². The van der Waals surface area contributed by atoms with Crippen molar-refractivity contribution in [1.82, 2.24) is 0 Å². The number of benzene rings is 2. The molecule has 0 aromatic heterocycles. The van der Waals surface area contributed by atoms with E-state index in [1.54, 1.807) is 24.3 Å². The maximum absolute atomic E-state index is 8.94. The normalized spacial score (nSPS) is 10.5. The molecule has 2 rings (SSSR count). The number of aliphatic hydroxyl groups excluding tert-OH is 1. The molecule has 0 radical (unpaired) electrons. The average Bonchev–Trinajstić information content (AvgIpc) is 2.38. The van der Waals surface area contributed by atoms with E-state index in [-0.39, 0.29) is 0 Å². The summed E-state index contributed by atoms with van der Waals surface area (Å²) < 4.78 is 5.56. The van der Waals surface area contributed by atoms with Crippen molar-refractivity contribution in [1.29, 1.82) is 0 Å². The molecule has 0 bridgehead atoms. The van der Waals surface area contributed by atoms with E-state index in [9.17, 15) is 0 Å². The van der Waals surface area contributed by atoms with Gasteiger partial charge in [0.1, 0.15) is 12.4 Å². The Morgan fingerprint density at radius 1 is 0.882 bits per heavy atom. The molecule has 0 atom stereocenters. The standard InChI is InChI=1S/C14H14O3/c15-14(16)12-6-8-13(9-7-12)17-10-11-4-2-1-3-5-11/h1-9,14-16H,10H2. The zero-order chi connectivity index (χ0) is 12.1. The monoisotopic (exact) mass is 230 g/mol. The molecule has 0 unspecified atom stereocenters. The van der Waals surface area contributed by atoms with E-state index in [1.165, 1.54) is 0 Å². The van der Waals surface area contributed by atoms with Crippen LogP contribution in [-0.2, 0) is 6.61 Å². The Bertz CT molecular complexity index is 449. The topological polar surface area (TPSA) is 49.7 Å². The molecule has 0 aliphatic carbocycles. The highest BCUT2D eigenvalue weighted by atomic mass is 16.5. The largest absolute Gasteiger partial charge is 0.489 e. The first-order valence-corrected chi connectivity index (χ1v) is 5.38. The Balaban J connectivity index is 1.96. The van der Waals surface area contributed by atoms with Gasteiger partial charge in [-0.2, -0.15) is 0 Å². The average molecular weight is 230 g/mol. The Labute approximate surface area is 99.9 Å². The summed E-state index contributed by atoms with van der Waals surface area (Å²) in [5.74, 6) is 0.707. The van der Waals surface area contributed by atoms with Crippen LogP contribution < -0.4 is 4.74 Å². The molecule has 0 saturated heterocycles. The summed E-state index contributed by atoms with van der Waals surface area (Å²) in [4.78, 5) is 0. The van der Waals surface area contributed by atoms with Gasteiger partial charge < -0.3 is 14.9 Å². The maximum Gasteiger partial charge on any atom is 0.178 e. The van der Waals surface area contributed by atoms with Crippen molar-refractivity contribution in [3.63, 3.8) is 0 Å². The fraction of sp³-hybridized carbons (Fsp3) is 0.143. The van der Waals surface area contributed by atoms with Crippen molar-refractivity contribution in [3.05, 3.63) is 65.7 Å². The van der Waals surface area contributed by atoms with Crippen LogP contribution in [0.5, 0.6) is 5.75 Å². The molecular formula is C14H14O3. The molecule has 0 fully saturated rings. The first-order valence-electron chi connectivity index (χ1n) is 5.38. The van der Waals surface area contributed by atoms with Gasteiger partial charge in [0, 0.05) is 5.56 Å². The minimum Gasteiger partial charge on any atom is -0.489 e. The van der Waals surface area contributed by atoms with Gasteiger partial charge in [-0.1, -0.05) is 42.5 Å². The summed E-state index contributed by atoms with van der Waals surface area (Å²) >= 11 is 0. The number of rotatable bonds is 4. The number of aliphatic hydroxyl groups is 2. The molecule has 3 nitrogen and oxygen atoms in total. The summed E-state index contributed by atoms with van der Waals surface area (Å²) in [7, 11) is 0. The lowest BCUT2D eigenvalue weighted by Gasteiger charge is -2.08. The highest BCUT2D eigenvalue weighted by molar-refractivity contribution is 5.28. The van der Waals surface area contributed by atoms with Crippen LogP contribution in [-0.4, -0.2) is 10.2 Å². The number of ether oxygens (including phenoxy) is 1. The molecule has 0 aliphatic heterocycles. The molecular weight excluding hydrogens is 216 g/mol. The second-order valence-electron chi connectivity index (χ2n) is 3.72. The van der Waals surface area contributed by atoms with E-state index in [1.807, 2.05) is 30.3 Å². The van der Waals surface area contributed by atoms with E-state index in [2.05, 4.69) is 0 Å². The first-order chi connectivity index (χ1) is 8.25. The van der Waals surface area contributed by atoms with E-state index in [0.29, 0.717) is 17.9 Å². The Kier molecular flexibility index (Phi) is 3.75. The molecule has 2 aromatic carbocycles. The smallest absolute Gasteiger partial charge is 0.178 e. The van der Waals surface area contributed by atoms with Crippen LogP contribution in [0.2, 0.25) is 0 Å². The Morgan fingerprint density at radius 2 is 1.53 bits per heavy atom. The van der Waals surface area contributed by atoms with Crippen LogP contribution in [0.4, 0.5) is 0 Å². The number of hydrogen-bond acceptors (Lipinski definition) is 3. The zero-order valence-electron chi connectivity index (χ0n) is 9.28. The van der Waals surface area contributed by atoms with Crippen molar-refractivity contribution in [2.24, 2.45) is 0 Å². The van der Waals surface area contributed by atoms with Crippen molar-refractivity contribution in [2.45, 2.75) is 12.9 Å². The second-order valence-corrected chi connectivity index (χ2v) is 3.72. The Hall–Kier alpha value is -1.84. The summed E-state index contributed by atoms with van der Waals surface area (Å²) in [6.07, 6.45) is -1.43. The third kappa shape index (κ3) is 3.31. The van der Waals surface area contributed by atoms with Gasteiger partial charge in [-0.15, -0.1) is 0 Å². The van der Waals surface area contributed by atoms with E-state index < -0.39 is 6.29 Å². The lowest BCUT2D eigenvalue weighted by atomic mass is 10.2. The summed E-state index contributed by atoms with van der Waals surface area (Å²) in [5, 5.41) is 17.9. The summed E-state index contributed by atoms with van der Waals surface area (Å²) in [6.45, 7) is 0.502. The van der Waals surface area contributed by atoms with E-state index in [0.717, 1.165) is 5.56 Å². The van der Waals surface area contributed by atoms with Crippen LogP contribution in [0.1, 0.15) is 17.4 Å². The third-order valence-corrected chi connectivity index (χ3v) is 2.43. The molecule has 2 aromatic rings.